The standard InChI is InChI=1S/C36H18N8O8.Co/c45-33(46)13-1-5-17-21(9-13)29-37-25(17)41-30-22-10-14(34(47)48)2-6-18(22)27(38-30)43-32-24-12-16(36(51)52)4-8-20(24)28(40-32)44-31-23-11-15(35(49)50)3-7-19(23)26(39-31)42-29;/h1-12H,(H6,37,38,39,40,41,42,43,44,45,46,47,48,49,50,51,52);/q;+2/p-2. The molecule has 0 unspecified atom stereocenters. The van der Waals surface area contributed by atoms with Crippen LogP contribution in [0.5, 0.6) is 0 Å². The molecule has 0 aliphatic carbocycles. The van der Waals surface area contributed by atoms with Gasteiger partial charge < -0.3 is 54.9 Å². The number of aromatic nitrogens is 1. The zero-order valence-corrected chi connectivity index (χ0v) is 27.1. The Balaban J connectivity index is 0.00000144. The smallest absolute Gasteiger partial charge is 0.884 e. The summed E-state index contributed by atoms with van der Waals surface area (Å²) in [5.41, 5.74) is 0.945. The number of nitrogens with zero attached hydrogens (tertiary/aromatic N) is 8. The summed E-state index contributed by atoms with van der Waals surface area (Å²) in [5, 5.41) is 60.0. The molecule has 0 spiro atoms. The first-order valence-electron chi connectivity index (χ1n) is 15.2. The molecule has 0 saturated heterocycles. The van der Waals surface area contributed by atoms with E-state index in [9.17, 15) is 39.9 Å². The van der Waals surface area contributed by atoms with Gasteiger partial charge in [-0.1, -0.05) is 36.4 Å². The zero-order valence-electron chi connectivity index (χ0n) is 30.1. The average molecular weight is 748 g/mol. The van der Waals surface area contributed by atoms with Gasteiger partial charge in [0.15, 0.2) is 23.3 Å². The predicted octanol–water partition coefficient (Wildman–Crippen LogP) is -4.69. The molecule has 5 aromatic rings. The second-order valence-corrected chi connectivity index (χ2v) is 11.7. The number of carbonyl (C=O) groups excluding carboxylic acids is 3. The Morgan fingerprint density at radius 1 is 0.472 bits per heavy atom. The van der Waals surface area contributed by atoms with Crippen LogP contribution in [0, 0.1) is 0 Å². The quantitative estimate of drug-likeness (QED) is 0.171. The molecule has 17 heteroatoms. The maximum absolute atomic E-state index is 11.8. The van der Waals surface area contributed by atoms with Crippen molar-refractivity contribution in [3.8, 4) is 0 Å². The van der Waals surface area contributed by atoms with Crippen molar-refractivity contribution >= 4 is 69.6 Å². The van der Waals surface area contributed by atoms with Gasteiger partial charge in [-0.05, 0) is 69.1 Å². The Bertz CT molecular complexity index is 3050. The zero-order chi connectivity index (χ0) is 36.0. The monoisotopic (exact) mass is 747 g/mol. The van der Waals surface area contributed by atoms with Crippen molar-refractivity contribution in [2.75, 3.05) is 0 Å². The fourth-order valence-corrected chi connectivity index (χ4v) is 6.17. The summed E-state index contributed by atoms with van der Waals surface area (Å²) in [6.45, 7) is 0. The number of amidine groups is 5. The van der Waals surface area contributed by atoms with Gasteiger partial charge in [-0.3, -0.25) is 0 Å². The Kier molecular flexibility index (Phi) is 7.34. The summed E-state index contributed by atoms with van der Waals surface area (Å²) in [4.78, 5) is 72.5. The Labute approximate surface area is 310 Å². The molecule has 5 heterocycles. The molecule has 0 amide bonds. The number of carboxylic acids is 3. The number of hydrogen-bond donors (Lipinski definition) is 0. The summed E-state index contributed by atoms with van der Waals surface area (Å²) in [7, 11) is 0. The first-order chi connectivity index (χ1) is 25.0. The van der Waals surface area contributed by atoms with Crippen molar-refractivity contribution in [1.82, 2.24) is 4.98 Å². The van der Waals surface area contributed by atoms with Crippen LogP contribution in [0.15, 0.2) is 108 Å². The van der Waals surface area contributed by atoms with Gasteiger partial charge >= 0.3 is 22.5 Å². The van der Waals surface area contributed by atoms with E-state index in [2.05, 4.69) is 39.9 Å². The number of carboxylic acid groups (broad SMARTS) is 3. The summed E-state index contributed by atoms with van der Waals surface area (Å²) in [6, 6.07) is 16.3. The molecule has 4 aliphatic rings. The molecular weight excluding hydrogens is 731 g/mol. The van der Waals surface area contributed by atoms with Gasteiger partial charge in [0.1, 0.15) is 0 Å². The van der Waals surface area contributed by atoms with Gasteiger partial charge in [0.2, 0.25) is 0 Å². The van der Waals surface area contributed by atoms with Gasteiger partial charge in [0, 0.05) is 44.0 Å². The molecule has 0 fully saturated rings. The summed E-state index contributed by atoms with van der Waals surface area (Å²) >= 11 is 0. The topological polar surface area (TPSA) is 267 Å². The van der Waals surface area contributed by atoms with Crippen LogP contribution in [0.4, 0.5) is 0 Å². The minimum atomic E-state index is -1.45. The Hall–Kier alpha value is -7.37. The summed E-state index contributed by atoms with van der Waals surface area (Å²) in [5.74, 6) is -5.74. The molecule has 0 saturated carbocycles. The van der Waals surface area contributed by atoms with Gasteiger partial charge in [-0.2, -0.15) is 5.95 Å². The predicted molar refractivity (Wildman–Crippen MR) is 175 cm³/mol. The van der Waals surface area contributed by atoms with Crippen molar-refractivity contribution in [1.29, 1.82) is 0 Å². The molecule has 257 valence electrons. The number of carbonyl (C=O) groups is 3. The van der Waals surface area contributed by atoms with Crippen LogP contribution in [-0.4, -0.2) is 47.1 Å². The van der Waals surface area contributed by atoms with E-state index in [-0.39, 0.29) is 112 Å². The van der Waals surface area contributed by atoms with Crippen molar-refractivity contribution < 1.29 is 62.4 Å². The minimum Gasteiger partial charge on any atom is -0.884 e. The van der Waals surface area contributed by atoms with E-state index in [1.165, 1.54) is 72.8 Å². The van der Waals surface area contributed by atoms with E-state index in [4.69, 9.17) is 0 Å². The first kappa shape index (κ1) is 32.8. The number of fused-ring (bicyclic) bond motifs is 16. The van der Waals surface area contributed by atoms with E-state index in [0.717, 1.165) is 0 Å². The number of benzene rings is 4. The van der Waals surface area contributed by atoms with Gasteiger partial charge in [-0.25, -0.2) is 25.0 Å². The van der Waals surface area contributed by atoms with Gasteiger partial charge in [0.05, 0.1) is 29.6 Å². The van der Waals surface area contributed by atoms with Crippen LogP contribution in [0.2, 0.25) is 0 Å². The Morgan fingerprint density at radius 3 is 1.51 bits per heavy atom. The van der Waals surface area contributed by atoms with Crippen LogP contribution < -0.4 is 51.9 Å². The van der Waals surface area contributed by atoms with E-state index >= 15 is 0 Å². The third kappa shape index (κ3) is 5.22. The van der Waals surface area contributed by atoms with Crippen molar-refractivity contribution in [2.45, 2.75) is 0 Å². The number of aromatic carboxylic acids is 3. The summed E-state index contributed by atoms with van der Waals surface area (Å²) in [6.07, 6.45) is 0. The van der Waals surface area contributed by atoms with Crippen LogP contribution in [0.3, 0.4) is 0 Å². The van der Waals surface area contributed by atoms with E-state index in [1.54, 1.807) is 0 Å². The minimum absolute atomic E-state index is 0. The molecule has 0 N–H and O–H groups in total. The van der Waals surface area contributed by atoms with E-state index < -0.39 is 23.9 Å². The van der Waals surface area contributed by atoms with Crippen LogP contribution in [0.1, 0.15) is 64.6 Å². The van der Waals surface area contributed by atoms with Crippen LogP contribution in [0.25, 0.3) is 22.5 Å². The second-order valence-electron chi connectivity index (χ2n) is 11.7. The van der Waals surface area contributed by atoms with Crippen LogP contribution in [-0.2, 0) is 16.8 Å². The molecular formula is C36H16CoN8O8. The number of aliphatic imine (C=N–C) groups is 5. The molecule has 4 aliphatic heterocycles. The molecule has 0 atom stereocenters. The second kappa shape index (κ2) is 11.9. The summed E-state index contributed by atoms with van der Waals surface area (Å²) < 4.78 is 0. The third-order valence-electron chi connectivity index (χ3n) is 8.64. The first-order valence-corrected chi connectivity index (χ1v) is 15.2. The van der Waals surface area contributed by atoms with Crippen molar-refractivity contribution in [3.63, 3.8) is 0 Å². The SMILES string of the molecule is O=C([O-])c1ccc2c(c1)C1=NC3=NC(=NC4=c5ccc(=C([O-])[O-])cc5C(=N4)N=c4[n-]c(c5cc(C(=O)[O-])ccc45)=NC2=N1)c1cc(C(=O)[O-])ccc13.[Co+2].[H+].[H+].[H+].[H+]. The van der Waals surface area contributed by atoms with Gasteiger partial charge in [0.25, 0.3) is 0 Å². The average Bonchev–Trinajstić information content (AvgIpc) is 3.85. The third-order valence-corrected chi connectivity index (χ3v) is 8.64. The van der Waals surface area contributed by atoms with Crippen LogP contribution >= 0.6 is 0 Å². The molecule has 8 bridgehead atoms. The number of rotatable bonds is 3. The normalized spacial score (nSPS) is 14.6. The van der Waals surface area contributed by atoms with E-state index in [0.29, 0.717) is 21.7 Å². The van der Waals surface area contributed by atoms with E-state index in [1.807, 2.05) is 0 Å². The fraction of sp³-hybridized carbons (Fsp3) is 0. The maximum atomic E-state index is 11.8. The maximum Gasteiger partial charge on any atom is 2.00 e. The van der Waals surface area contributed by atoms with Crippen molar-refractivity contribution in [3.05, 3.63) is 139 Å². The molecule has 16 nitrogen and oxygen atoms in total. The molecule has 1 radical (unpaired) electrons. The largest absolute Gasteiger partial charge is 2.00 e. The molecule has 9 rings (SSSR count). The molecule has 53 heavy (non-hydrogen) atoms. The Morgan fingerprint density at radius 2 is 0.943 bits per heavy atom. The van der Waals surface area contributed by atoms with Crippen molar-refractivity contribution in [2.24, 2.45) is 34.9 Å². The number of hydrogen-bond acceptors (Lipinski definition) is 15. The molecule has 1 aromatic heterocycles. The molecule has 4 aromatic carbocycles. The fourth-order valence-electron chi connectivity index (χ4n) is 6.17. The van der Waals surface area contributed by atoms with Gasteiger partial charge in [-0.15, -0.1) is 0 Å².